The molecular weight excluding hydrogens is 211 g/mol. The number of nitrogens with zero attached hydrogens (tertiary/aromatic N) is 2. The Morgan fingerprint density at radius 2 is 2.00 bits per heavy atom. The summed E-state index contributed by atoms with van der Waals surface area (Å²) < 4.78 is 4.91. The topological polar surface area (TPSA) is 92.5 Å². The van der Waals surface area contributed by atoms with Gasteiger partial charge < -0.3 is 14.8 Å². The highest BCUT2D eigenvalue weighted by atomic mass is 16.5. The van der Waals surface area contributed by atoms with Gasteiger partial charge in [0.05, 0.1) is 6.10 Å². The van der Waals surface area contributed by atoms with Crippen molar-refractivity contribution in [1.82, 2.24) is 9.97 Å². The Hall–Kier alpha value is -1.47. The molecule has 0 aliphatic rings. The van der Waals surface area contributed by atoms with Crippen LogP contribution in [0.15, 0.2) is 12.4 Å². The number of ether oxygens (including phenoxy) is 1. The van der Waals surface area contributed by atoms with Crippen molar-refractivity contribution in [2.24, 2.45) is 0 Å². The zero-order valence-electron chi connectivity index (χ0n) is 9.12. The van der Waals surface area contributed by atoms with Gasteiger partial charge >= 0.3 is 13.1 Å². The van der Waals surface area contributed by atoms with Crippen molar-refractivity contribution in [2.75, 3.05) is 0 Å². The average Bonchev–Trinajstić information content (AvgIpc) is 2.16. The largest absolute Gasteiger partial charge is 0.491 e. The van der Waals surface area contributed by atoms with E-state index in [1.807, 2.05) is 0 Å². The summed E-state index contributed by atoms with van der Waals surface area (Å²) >= 11 is 0. The van der Waals surface area contributed by atoms with Gasteiger partial charge in [-0.2, -0.15) is 0 Å². The third-order valence-corrected chi connectivity index (χ3v) is 1.69. The molecule has 1 heterocycles. The first-order chi connectivity index (χ1) is 7.49. The van der Waals surface area contributed by atoms with Gasteiger partial charge in [0.1, 0.15) is 12.2 Å². The molecule has 0 aliphatic carbocycles. The third-order valence-electron chi connectivity index (χ3n) is 1.69. The minimum atomic E-state index is -1.60. The Morgan fingerprint density at radius 1 is 1.44 bits per heavy atom. The second kappa shape index (κ2) is 5.57. The molecule has 6 nitrogen and oxygen atoms in total. The van der Waals surface area contributed by atoms with Crippen molar-refractivity contribution in [3.8, 4) is 0 Å². The van der Waals surface area contributed by atoms with Crippen LogP contribution in [0.2, 0.25) is 0 Å². The number of rotatable bonds is 4. The molecule has 0 amide bonds. The van der Waals surface area contributed by atoms with Crippen molar-refractivity contribution in [1.29, 1.82) is 0 Å². The summed E-state index contributed by atoms with van der Waals surface area (Å²) in [5.41, 5.74) is 0.181. The van der Waals surface area contributed by atoms with Crippen molar-refractivity contribution >= 4 is 18.6 Å². The molecule has 1 aromatic rings. The van der Waals surface area contributed by atoms with Gasteiger partial charge in [-0.3, -0.25) is 4.79 Å². The molecule has 7 heteroatoms. The number of carbonyl (C=O) groups is 1. The van der Waals surface area contributed by atoms with Gasteiger partial charge in [0.25, 0.3) is 0 Å². The summed E-state index contributed by atoms with van der Waals surface area (Å²) in [6.07, 6.45) is 2.32. The lowest BCUT2D eigenvalue weighted by Crippen LogP contribution is -2.31. The number of hydrogen-bond donors (Lipinski definition) is 2. The Balaban J connectivity index is 2.58. The quantitative estimate of drug-likeness (QED) is 0.485. The molecule has 2 N–H and O–H groups in total. The molecule has 0 saturated heterocycles. The van der Waals surface area contributed by atoms with Crippen LogP contribution in [0.4, 0.5) is 0 Å². The second-order valence-electron chi connectivity index (χ2n) is 3.52. The van der Waals surface area contributed by atoms with Crippen LogP contribution in [0, 0.1) is 0 Å². The van der Waals surface area contributed by atoms with E-state index in [4.69, 9.17) is 14.8 Å². The van der Waals surface area contributed by atoms with E-state index in [9.17, 15) is 4.79 Å². The minimum Gasteiger partial charge on any atom is -0.463 e. The molecule has 86 valence electrons. The lowest BCUT2D eigenvalue weighted by Gasteiger charge is -2.07. The Kier molecular flexibility index (Phi) is 4.39. The van der Waals surface area contributed by atoms with E-state index in [1.54, 1.807) is 13.8 Å². The fourth-order valence-corrected chi connectivity index (χ4v) is 1.02. The number of carbonyl (C=O) groups excluding carboxylic acids is 1. The number of aromatic nitrogens is 2. The highest BCUT2D eigenvalue weighted by Crippen LogP contribution is 1.95. The highest BCUT2D eigenvalue weighted by molar-refractivity contribution is 6.58. The zero-order chi connectivity index (χ0) is 12.1. The molecule has 1 rings (SSSR count). The predicted octanol–water partition coefficient (Wildman–Crippen LogP) is -1.35. The van der Waals surface area contributed by atoms with E-state index in [2.05, 4.69) is 9.97 Å². The van der Waals surface area contributed by atoms with E-state index < -0.39 is 13.1 Å². The first-order valence-electron chi connectivity index (χ1n) is 4.85. The second-order valence-corrected chi connectivity index (χ2v) is 3.52. The van der Waals surface area contributed by atoms with E-state index in [1.165, 1.54) is 12.4 Å². The summed E-state index contributed by atoms with van der Waals surface area (Å²) in [4.78, 5) is 18.9. The van der Waals surface area contributed by atoms with Crippen LogP contribution in [0.5, 0.6) is 0 Å². The molecule has 0 bridgehead atoms. The fraction of sp³-hybridized carbons (Fsp3) is 0.444. The first kappa shape index (κ1) is 12.6. The van der Waals surface area contributed by atoms with E-state index in [0.717, 1.165) is 0 Å². The summed E-state index contributed by atoms with van der Waals surface area (Å²) in [7, 11) is -1.60. The zero-order valence-corrected chi connectivity index (χ0v) is 9.12. The van der Waals surface area contributed by atoms with Crippen molar-refractivity contribution in [3.63, 3.8) is 0 Å². The smallest absolute Gasteiger partial charge is 0.463 e. The summed E-state index contributed by atoms with van der Waals surface area (Å²) in [6.45, 7) is 3.51. The summed E-state index contributed by atoms with van der Waals surface area (Å²) in [5.74, 6) is -0.123. The monoisotopic (exact) mass is 224 g/mol. The van der Waals surface area contributed by atoms with E-state index in [-0.39, 0.29) is 23.8 Å². The van der Waals surface area contributed by atoms with Crippen molar-refractivity contribution < 1.29 is 19.6 Å². The predicted molar refractivity (Wildman–Crippen MR) is 56.8 cm³/mol. The molecule has 0 aromatic carbocycles. The van der Waals surface area contributed by atoms with Gasteiger partial charge in [-0.05, 0) is 13.8 Å². The van der Waals surface area contributed by atoms with E-state index in [0.29, 0.717) is 0 Å². The highest BCUT2D eigenvalue weighted by Gasteiger charge is 2.13. The third kappa shape index (κ3) is 3.96. The van der Waals surface area contributed by atoms with Crippen LogP contribution in [0.25, 0.3) is 0 Å². The molecule has 16 heavy (non-hydrogen) atoms. The number of hydrogen-bond acceptors (Lipinski definition) is 6. The molecule has 1 aromatic heterocycles. The van der Waals surface area contributed by atoms with Gasteiger partial charge in [0.15, 0.2) is 0 Å². The Morgan fingerprint density at radius 3 is 2.44 bits per heavy atom. The summed E-state index contributed by atoms with van der Waals surface area (Å²) in [5, 5.41) is 17.6. The van der Waals surface area contributed by atoms with Crippen LogP contribution in [0.3, 0.4) is 0 Å². The van der Waals surface area contributed by atoms with Crippen LogP contribution in [-0.4, -0.2) is 39.2 Å². The minimum absolute atomic E-state index is 0.0278. The van der Waals surface area contributed by atoms with Gasteiger partial charge in [-0.15, -0.1) is 0 Å². The molecule has 0 fully saturated rings. The first-order valence-corrected chi connectivity index (χ1v) is 4.85. The SMILES string of the molecule is CC(C)OC(=O)Cc1ncc(B(O)O)cn1. The van der Waals surface area contributed by atoms with Gasteiger partial charge in [-0.25, -0.2) is 9.97 Å². The number of esters is 1. The molecule has 0 saturated carbocycles. The molecule has 0 spiro atoms. The molecule has 0 aliphatic heterocycles. The standard InChI is InChI=1S/C9H13BN2O4/c1-6(2)16-9(13)3-8-11-4-7(5-12-8)10(14)15/h4-6,14-15H,3H2,1-2H3. The van der Waals surface area contributed by atoms with Gasteiger partial charge in [0, 0.05) is 17.9 Å². The van der Waals surface area contributed by atoms with Crippen LogP contribution < -0.4 is 5.46 Å². The Bertz CT molecular complexity index is 353. The maximum absolute atomic E-state index is 11.2. The molecule has 0 atom stereocenters. The summed E-state index contributed by atoms with van der Waals surface area (Å²) in [6, 6.07) is 0. The fourth-order valence-electron chi connectivity index (χ4n) is 1.02. The van der Waals surface area contributed by atoms with Gasteiger partial charge in [-0.1, -0.05) is 0 Å². The van der Waals surface area contributed by atoms with Gasteiger partial charge in [0.2, 0.25) is 0 Å². The molecule has 0 unspecified atom stereocenters. The Labute approximate surface area is 93.5 Å². The molecule has 0 radical (unpaired) electrons. The van der Waals surface area contributed by atoms with Crippen molar-refractivity contribution in [2.45, 2.75) is 26.4 Å². The maximum Gasteiger partial charge on any atom is 0.491 e. The van der Waals surface area contributed by atoms with E-state index >= 15 is 0 Å². The maximum atomic E-state index is 11.2. The van der Waals surface area contributed by atoms with Crippen LogP contribution in [-0.2, 0) is 16.0 Å². The lowest BCUT2D eigenvalue weighted by molar-refractivity contribution is -0.146. The van der Waals surface area contributed by atoms with Crippen molar-refractivity contribution in [3.05, 3.63) is 18.2 Å². The molecular formula is C9H13BN2O4. The lowest BCUT2D eigenvalue weighted by atomic mass is 9.83. The normalized spacial score (nSPS) is 10.3. The average molecular weight is 224 g/mol. The van der Waals surface area contributed by atoms with Crippen LogP contribution in [0.1, 0.15) is 19.7 Å². The van der Waals surface area contributed by atoms with Crippen LogP contribution >= 0.6 is 0 Å².